The standard InChI is InChI=1S/C13H15N3O2/c14-8-10-3-4-12(16-9-10)13(17)15-6-5-11-2-1-7-18-11/h1-4,7,9H,5-6,8,14H2,(H,15,17). The van der Waals surface area contributed by atoms with Gasteiger partial charge in [0.2, 0.25) is 0 Å². The number of nitrogens with zero attached hydrogens (tertiary/aromatic N) is 1. The molecule has 0 saturated carbocycles. The van der Waals surface area contributed by atoms with Crippen LogP contribution in [0, 0.1) is 0 Å². The summed E-state index contributed by atoms with van der Waals surface area (Å²) in [4.78, 5) is 15.8. The molecule has 0 aliphatic rings. The summed E-state index contributed by atoms with van der Waals surface area (Å²) in [5, 5.41) is 2.78. The van der Waals surface area contributed by atoms with Crippen molar-refractivity contribution in [3.8, 4) is 0 Å². The van der Waals surface area contributed by atoms with Gasteiger partial charge in [0, 0.05) is 25.7 Å². The first kappa shape index (κ1) is 12.3. The first-order valence-corrected chi connectivity index (χ1v) is 5.75. The van der Waals surface area contributed by atoms with E-state index >= 15 is 0 Å². The smallest absolute Gasteiger partial charge is 0.269 e. The number of amides is 1. The van der Waals surface area contributed by atoms with Crippen molar-refractivity contribution in [1.82, 2.24) is 10.3 Å². The number of carbonyl (C=O) groups is 1. The largest absolute Gasteiger partial charge is 0.469 e. The van der Waals surface area contributed by atoms with Crippen LogP contribution in [0.4, 0.5) is 0 Å². The van der Waals surface area contributed by atoms with E-state index in [9.17, 15) is 4.79 Å². The number of nitrogens with one attached hydrogen (secondary N) is 1. The van der Waals surface area contributed by atoms with Gasteiger partial charge in [0.15, 0.2) is 0 Å². The van der Waals surface area contributed by atoms with Gasteiger partial charge in [-0.05, 0) is 23.8 Å². The lowest BCUT2D eigenvalue weighted by atomic mass is 10.2. The summed E-state index contributed by atoms with van der Waals surface area (Å²) in [6.07, 6.45) is 3.89. The van der Waals surface area contributed by atoms with Gasteiger partial charge in [0.05, 0.1) is 6.26 Å². The molecule has 5 nitrogen and oxygen atoms in total. The van der Waals surface area contributed by atoms with Crippen molar-refractivity contribution in [3.63, 3.8) is 0 Å². The highest BCUT2D eigenvalue weighted by atomic mass is 16.3. The Labute approximate surface area is 105 Å². The quantitative estimate of drug-likeness (QED) is 0.826. The average Bonchev–Trinajstić information content (AvgIpc) is 2.92. The fourth-order valence-corrected chi connectivity index (χ4v) is 1.52. The van der Waals surface area contributed by atoms with Crippen LogP contribution in [0.15, 0.2) is 41.1 Å². The number of aromatic nitrogens is 1. The molecule has 2 aromatic rings. The first-order chi connectivity index (χ1) is 8.79. The third-order valence-electron chi connectivity index (χ3n) is 2.53. The van der Waals surface area contributed by atoms with Crippen molar-refractivity contribution in [3.05, 3.63) is 53.7 Å². The number of rotatable bonds is 5. The minimum Gasteiger partial charge on any atom is -0.469 e. The molecule has 0 saturated heterocycles. The Balaban J connectivity index is 1.83. The molecule has 94 valence electrons. The zero-order valence-corrected chi connectivity index (χ0v) is 9.93. The molecule has 0 fully saturated rings. The van der Waals surface area contributed by atoms with Crippen molar-refractivity contribution < 1.29 is 9.21 Å². The van der Waals surface area contributed by atoms with E-state index in [-0.39, 0.29) is 5.91 Å². The highest BCUT2D eigenvalue weighted by Crippen LogP contribution is 2.01. The third kappa shape index (κ3) is 3.18. The predicted molar refractivity (Wildman–Crippen MR) is 66.9 cm³/mol. The molecule has 3 N–H and O–H groups in total. The summed E-state index contributed by atoms with van der Waals surface area (Å²) in [7, 11) is 0. The van der Waals surface area contributed by atoms with Crippen molar-refractivity contribution in [2.24, 2.45) is 5.73 Å². The van der Waals surface area contributed by atoms with E-state index in [0.717, 1.165) is 11.3 Å². The van der Waals surface area contributed by atoms with Gasteiger partial charge in [-0.15, -0.1) is 0 Å². The fourth-order valence-electron chi connectivity index (χ4n) is 1.52. The number of pyridine rings is 1. The Hall–Kier alpha value is -2.14. The summed E-state index contributed by atoms with van der Waals surface area (Å²) in [6, 6.07) is 7.17. The number of furan rings is 1. The second-order valence-corrected chi connectivity index (χ2v) is 3.84. The molecule has 0 bridgehead atoms. The molecule has 18 heavy (non-hydrogen) atoms. The molecule has 1 amide bonds. The van der Waals surface area contributed by atoms with E-state index < -0.39 is 0 Å². The lowest BCUT2D eigenvalue weighted by Crippen LogP contribution is -2.26. The van der Waals surface area contributed by atoms with E-state index in [1.54, 1.807) is 24.6 Å². The summed E-state index contributed by atoms with van der Waals surface area (Å²) in [5.74, 6) is 0.659. The Morgan fingerprint density at radius 1 is 1.39 bits per heavy atom. The van der Waals surface area contributed by atoms with E-state index in [1.165, 1.54) is 0 Å². The predicted octanol–water partition coefficient (Wildman–Crippen LogP) is 1.11. The van der Waals surface area contributed by atoms with E-state index in [1.807, 2.05) is 12.1 Å². The number of carbonyl (C=O) groups excluding carboxylic acids is 1. The summed E-state index contributed by atoms with van der Waals surface area (Å²) < 4.78 is 5.17. The van der Waals surface area contributed by atoms with Gasteiger partial charge in [-0.25, -0.2) is 0 Å². The summed E-state index contributed by atoms with van der Waals surface area (Å²) >= 11 is 0. The zero-order chi connectivity index (χ0) is 12.8. The van der Waals surface area contributed by atoms with E-state index in [4.69, 9.17) is 10.2 Å². The molecule has 5 heteroatoms. The second kappa shape index (κ2) is 5.97. The van der Waals surface area contributed by atoms with Crippen LogP contribution in [0.5, 0.6) is 0 Å². The van der Waals surface area contributed by atoms with Crippen LogP contribution in [0.2, 0.25) is 0 Å². The van der Waals surface area contributed by atoms with Crippen LogP contribution in [-0.4, -0.2) is 17.4 Å². The monoisotopic (exact) mass is 245 g/mol. The molecule has 0 aliphatic heterocycles. The maximum atomic E-state index is 11.7. The molecule has 0 aliphatic carbocycles. The number of nitrogens with two attached hydrogens (primary N) is 1. The van der Waals surface area contributed by atoms with Crippen LogP contribution in [-0.2, 0) is 13.0 Å². The van der Waals surface area contributed by atoms with Gasteiger partial charge in [-0.3, -0.25) is 9.78 Å². The van der Waals surface area contributed by atoms with Crippen LogP contribution in [0.3, 0.4) is 0 Å². The fraction of sp³-hybridized carbons (Fsp3) is 0.231. The molecule has 0 atom stereocenters. The van der Waals surface area contributed by atoms with Crippen LogP contribution in [0.25, 0.3) is 0 Å². The second-order valence-electron chi connectivity index (χ2n) is 3.84. The molecular formula is C13H15N3O2. The van der Waals surface area contributed by atoms with Gasteiger partial charge in [0.25, 0.3) is 5.91 Å². The van der Waals surface area contributed by atoms with Gasteiger partial charge in [0.1, 0.15) is 11.5 Å². The average molecular weight is 245 g/mol. The maximum absolute atomic E-state index is 11.7. The summed E-state index contributed by atoms with van der Waals surface area (Å²) in [5.41, 5.74) is 6.76. The van der Waals surface area contributed by atoms with Crippen molar-refractivity contribution in [2.75, 3.05) is 6.54 Å². The molecular weight excluding hydrogens is 230 g/mol. The molecule has 2 aromatic heterocycles. The van der Waals surface area contributed by atoms with Crippen molar-refractivity contribution in [2.45, 2.75) is 13.0 Å². The Morgan fingerprint density at radius 2 is 2.28 bits per heavy atom. The van der Waals surface area contributed by atoms with Crippen LogP contribution >= 0.6 is 0 Å². The minimum atomic E-state index is -0.190. The van der Waals surface area contributed by atoms with Gasteiger partial charge < -0.3 is 15.5 Å². The maximum Gasteiger partial charge on any atom is 0.269 e. The van der Waals surface area contributed by atoms with E-state index in [0.29, 0.717) is 25.2 Å². The van der Waals surface area contributed by atoms with Gasteiger partial charge in [-0.2, -0.15) is 0 Å². The SMILES string of the molecule is NCc1ccc(C(=O)NCCc2ccco2)nc1. The normalized spacial score (nSPS) is 10.3. The van der Waals surface area contributed by atoms with Gasteiger partial charge in [-0.1, -0.05) is 6.07 Å². The number of hydrogen-bond acceptors (Lipinski definition) is 4. The summed E-state index contributed by atoms with van der Waals surface area (Å²) in [6.45, 7) is 0.945. The Bertz CT molecular complexity index is 491. The lowest BCUT2D eigenvalue weighted by Gasteiger charge is -2.04. The minimum absolute atomic E-state index is 0.190. The lowest BCUT2D eigenvalue weighted by molar-refractivity contribution is 0.0948. The topological polar surface area (TPSA) is 81.2 Å². The van der Waals surface area contributed by atoms with Crippen LogP contribution < -0.4 is 11.1 Å². The molecule has 0 spiro atoms. The Kier molecular flexibility index (Phi) is 4.09. The van der Waals surface area contributed by atoms with Crippen molar-refractivity contribution in [1.29, 1.82) is 0 Å². The zero-order valence-electron chi connectivity index (χ0n) is 9.93. The molecule has 0 radical (unpaired) electrons. The van der Waals surface area contributed by atoms with Crippen LogP contribution in [0.1, 0.15) is 21.8 Å². The number of hydrogen-bond donors (Lipinski definition) is 2. The van der Waals surface area contributed by atoms with Crippen molar-refractivity contribution >= 4 is 5.91 Å². The first-order valence-electron chi connectivity index (χ1n) is 5.75. The molecule has 2 heterocycles. The molecule has 2 rings (SSSR count). The highest BCUT2D eigenvalue weighted by molar-refractivity contribution is 5.92. The molecule has 0 unspecified atom stereocenters. The van der Waals surface area contributed by atoms with E-state index in [2.05, 4.69) is 10.3 Å². The highest BCUT2D eigenvalue weighted by Gasteiger charge is 2.06. The molecule has 0 aromatic carbocycles. The Morgan fingerprint density at radius 3 is 2.89 bits per heavy atom. The third-order valence-corrected chi connectivity index (χ3v) is 2.53. The van der Waals surface area contributed by atoms with Gasteiger partial charge >= 0.3 is 0 Å².